The van der Waals surface area contributed by atoms with E-state index in [1.807, 2.05) is 0 Å². The molecule has 5 nitrogen and oxygen atoms in total. The average molecular weight is 455 g/mol. The summed E-state index contributed by atoms with van der Waals surface area (Å²) in [6, 6.07) is 11.0. The molecule has 0 aromatic heterocycles. The molecule has 0 fully saturated rings. The number of carbonyl (C=O) groups excluding carboxylic acids is 3. The molecule has 140 valence electrons. The first-order valence-corrected chi connectivity index (χ1v) is 9.53. The Labute approximate surface area is 166 Å². The molecule has 0 saturated heterocycles. The largest absolute Gasteiger partial charge is 0.325 e. The van der Waals surface area contributed by atoms with Crippen molar-refractivity contribution in [1.29, 1.82) is 0 Å². The van der Waals surface area contributed by atoms with E-state index in [1.54, 1.807) is 30.3 Å². The molecule has 1 aliphatic heterocycles. The van der Waals surface area contributed by atoms with Crippen LogP contribution in [0.5, 0.6) is 0 Å². The molecule has 0 atom stereocenters. The van der Waals surface area contributed by atoms with Gasteiger partial charge in [-0.3, -0.25) is 19.3 Å². The van der Waals surface area contributed by atoms with Gasteiger partial charge in [0.15, 0.2) is 0 Å². The van der Waals surface area contributed by atoms with Crippen LogP contribution in [0.1, 0.15) is 27.1 Å². The van der Waals surface area contributed by atoms with Gasteiger partial charge >= 0.3 is 0 Å². The van der Waals surface area contributed by atoms with E-state index < -0.39 is 23.5 Å². The topological polar surface area (TPSA) is 66.5 Å². The van der Waals surface area contributed by atoms with Crippen molar-refractivity contribution in [2.45, 2.75) is 17.1 Å². The summed E-state index contributed by atoms with van der Waals surface area (Å²) in [6.07, 6.45) is -0.139. The van der Waals surface area contributed by atoms with Crippen molar-refractivity contribution in [3.63, 3.8) is 0 Å². The Bertz CT molecular complexity index is 923. The highest BCUT2D eigenvalue weighted by atomic mass is 79.9. The first-order valence-electron chi connectivity index (χ1n) is 7.86. The van der Waals surface area contributed by atoms with Gasteiger partial charge in [-0.25, -0.2) is 0 Å². The van der Waals surface area contributed by atoms with Crippen LogP contribution in [0.25, 0.3) is 0 Å². The van der Waals surface area contributed by atoms with Gasteiger partial charge in [0.25, 0.3) is 17.6 Å². The highest BCUT2D eigenvalue weighted by Gasteiger charge is 2.35. The maximum absolute atomic E-state index is 12.6. The normalized spacial score (nSPS) is 13.3. The van der Waals surface area contributed by atoms with Gasteiger partial charge in [0.05, 0.1) is 16.8 Å². The monoisotopic (exact) mass is 454 g/mol. The number of carbonyl (C=O) groups is 3. The van der Waals surface area contributed by atoms with Crippen LogP contribution < -0.4 is 5.32 Å². The van der Waals surface area contributed by atoms with E-state index in [4.69, 9.17) is 0 Å². The zero-order chi connectivity index (χ0) is 19.6. The zero-order valence-electron chi connectivity index (χ0n) is 13.7. The van der Waals surface area contributed by atoms with Crippen molar-refractivity contribution < 1.29 is 23.2 Å². The van der Waals surface area contributed by atoms with Crippen molar-refractivity contribution in [2.75, 3.05) is 11.9 Å². The third kappa shape index (κ3) is 4.36. The number of anilines is 1. The Morgan fingerprint density at radius 2 is 1.81 bits per heavy atom. The Kier molecular flexibility index (Phi) is 5.91. The summed E-state index contributed by atoms with van der Waals surface area (Å²) in [7, 11) is 0. The molecule has 1 heterocycles. The molecule has 0 aliphatic carbocycles. The van der Waals surface area contributed by atoms with Crippen LogP contribution in [-0.2, 0) is 4.79 Å². The summed E-state index contributed by atoms with van der Waals surface area (Å²) < 4.78 is 25.9. The highest BCUT2D eigenvalue weighted by molar-refractivity contribution is 9.10. The van der Waals surface area contributed by atoms with Crippen LogP contribution in [-0.4, -0.2) is 34.9 Å². The fourth-order valence-corrected chi connectivity index (χ4v) is 3.62. The smallest absolute Gasteiger partial charge is 0.288 e. The number of para-hydroxylation sites is 1. The molecule has 0 unspecified atom stereocenters. The molecule has 0 radical (unpaired) electrons. The summed E-state index contributed by atoms with van der Waals surface area (Å²) in [5.41, 5.74) is 0.842. The summed E-state index contributed by atoms with van der Waals surface area (Å²) in [5.74, 6) is -4.00. The van der Waals surface area contributed by atoms with Crippen molar-refractivity contribution in [3.05, 3.63) is 58.1 Å². The first-order chi connectivity index (χ1) is 12.9. The minimum atomic E-state index is -2.61. The van der Waals surface area contributed by atoms with Crippen LogP contribution in [0.15, 0.2) is 51.8 Å². The van der Waals surface area contributed by atoms with Crippen molar-refractivity contribution in [3.8, 4) is 0 Å². The number of hydrogen-bond acceptors (Lipinski definition) is 4. The molecule has 3 amide bonds. The second-order valence-electron chi connectivity index (χ2n) is 5.62. The molecule has 2 aromatic rings. The number of benzene rings is 2. The molecular formula is C18H13BrF2N2O3S. The van der Waals surface area contributed by atoms with E-state index in [1.165, 1.54) is 12.1 Å². The predicted molar refractivity (Wildman–Crippen MR) is 101 cm³/mol. The number of alkyl halides is 2. The van der Waals surface area contributed by atoms with Crippen molar-refractivity contribution >= 4 is 51.1 Å². The number of fused-ring (bicyclic) bond motifs is 1. The lowest BCUT2D eigenvalue weighted by Crippen LogP contribution is -2.32. The molecule has 27 heavy (non-hydrogen) atoms. The SMILES string of the molecule is O=C(CCN1C(=O)c2ccc(Br)cc2C1=O)Nc1ccccc1SC(F)F. The molecule has 1 N–H and O–H groups in total. The number of hydrogen-bond donors (Lipinski definition) is 1. The number of halogens is 3. The lowest BCUT2D eigenvalue weighted by atomic mass is 10.1. The third-order valence-corrected chi connectivity index (χ3v) is 5.15. The minimum absolute atomic E-state index is 0.0973. The Balaban J connectivity index is 1.64. The quantitative estimate of drug-likeness (QED) is 0.519. The Hall–Kier alpha value is -2.26. The number of imide groups is 1. The maximum Gasteiger partial charge on any atom is 0.288 e. The van der Waals surface area contributed by atoms with Crippen LogP contribution in [0, 0.1) is 0 Å². The fraction of sp³-hybridized carbons (Fsp3) is 0.167. The number of nitrogens with zero attached hydrogens (tertiary/aromatic N) is 1. The van der Waals surface area contributed by atoms with Gasteiger partial charge in [0, 0.05) is 22.3 Å². The molecule has 9 heteroatoms. The second kappa shape index (κ2) is 8.18. The fourth-order valence-electron chi connectivity index (χ4n) is 2.66. The lowest BCUT2D eigenvalue weighted by molar-refractivity contribution is -0.116. The summed E-state index contributed by atoms with van der Waals surface area (Å²) in [5, 5.41) is 2.55. The highest BCUT2D eigenvalue weighted by Crippen LogP contribution is 2.32. The number of nitrogens with one attached hydrogen (secondary N) is 1. The zero-order valence-corrected chi connectivity index (χ0v) is 16.1. The Morgan fingerprint density at radius 3 is 2.56 bits per heavy atom. The third-order valence-electron chi connectivity index (χ3n) is 3.87. The Morgan fingerprint density at radius 1 is 1.11 bits per heavy atom. The van der Waals surface area contributed by atoms with E-state index in [0.717, 1.165) is 4.90 Å². The van der Waals surface area contributed by atoms with Gasteiger partial charge in [-0.2, -0.15) is 8.78 Å². The predicted octanol–water partition coefficient (Wildman–Crippen LogP) is 4.39. The molecule has 2 aromatic carbocycles. The van der Waals surface area contributed by atoms with Gasteiger partial charge in [-0.1, -0.05) is 39.8 Å². The molecule has 1 aliphatic rings. The standard InChI is InChI=1S/C18H13BrF2N2O3S/c19-10-5-6-11-12(9-10)17(26)23(16(11)25)8-7-15(24)22-13-3-1-2-4-14(13)27-18(20)21/h1-6,9,18H,7-8H2,(H,22,24). The van der Waals surface area contributed by atoms with Gasteiger partial charge in [0.1, 0.15) is 0 Å². The van der Waals surface area contributed by atoms with E-state index in [9.17, 15) is 23.2 Å². The number of thioether (sulfide) groups is 1. The van der Waals surface area contributed by atoms with E-state index >= 15 is 0 Å². The minimum Gasteiger partial charge on any atom is -0.325 e. The molecule has 0 saturated carbocycles. The van der Waals surface area contributed by atoms with Crippen molar-refractivity contribution in [2.24, 2.45) is 0 Å². The first kappa shape index (κ1) is 19.5. The number of amides is 3. The van der Waals surface area contributed by atoms with Gasteiger partial charge in [-0.15, -0.1) is 0 Å². The molecule has 0 spiro atoms. The molecular weight excluding hydrogens is 442 g/mol. The summed E-state index contributed by atoms with van der Waals surface area (Å²) >= 11 is 3.59. The summed E-state index contributed by atoms with van der Waals surface area (Å²) in [4.78, 5) is 38.1. The summed E-state index contributed by atoms with van der Waals surface area (Å²) in [6.45, 7) is -0.0973. The van der Waals surface area contributed by atoms with Crippen LogP contribution in [0.4, 0.5) is 14.5 Å². The van der Waals surface area contributed by atoms with E-state index in [-0.39, 0.29) is 29.1 Å². The number of rotatable bonds is 6. The lowest BCUT2D eigenvalue weighted by Gasteiger charge is -2.14. The van der Waals surface area contributed by atoms with E-state index in [2.05, 4.69) is 21.2 Å². The van der Waals surface area contributed by atoms with Gasteiger partial charge in [0.2, 0.25) is 5.91 Å². The van der Waals surface area contributed by atoms with Crippen LogP contribution in [0.3, 0.4) is 0 Å². The molecule has 0 bridgehead atoms. The average Bonchev–Trinajstić information content (AvgIpc) is 2.85. The van der Waals surface area contributed by atoms with Gasteiger partial charge in [-0.05, 0) is 30.3 Å². The van der Waals surface area contributed by atoms with Crippen molar-refractivity contribution in [1.82, 2.24) is 4.90 Å². The van der Waals surface area contributed by atoms with Crippen LogP contribution >= 0.6 is 27.7 Å². The second-order valence-corrected chi connectivity index (χ2v) is 7.57. The molecule has 3 rings (SSSR count). The van der Waals surface area contributed by atoms with E-state index in [0.29, 0.717) is 21.8 Å². The van der Waals surface area contributed by atoms with Gasteiger partial charge < -0.3 is 5.32 Å². The maximum atomic E-state index is 12.6. The van der Waals surface area contributed by atoms with Crippen LogP contribution in [0.2, 0.25) is 0 Å².